The van der Waals surface area contributed by atoms with Crippen molar-refractivity contribution in [1.82, 2.24) is 10.2 Å². The molecule has 1 amide bonds. The number of piperazine rings is 1. The molecule has 0 saturated carbocycles. The molecule has 1 N–H and O–H groups in total. The lowest BCUT2D eigenvalue weighted by Gasteiger charge is -2.36. The maximum atomic E-state index is 12.6. The summed E-state index contributed by atoms with van der Waals surface area (Å²) in [6, 6.07) is 14.3. The molecule has 1 saturated heterocycles. The number of benzene rings is 2. The second-order valence-corrected chi connectivity index (χ2v) is 8.70. The van der Waals surface area contributed by atoms with Crippen molar-refractivity contribution in [3.8, 4) is 11.5 Å². The van der Waals surface area contributed by atoms with Crippen molar-refractivity contribution in [3.05, 3.63) is 59.2 Å². The average molecular weight is 450 g/mol. The fourth-order valence-electron chi connectivity index (χ4n) is 4.65. The van der Waals surface area contributed by atoms with Crippen molar-refractivity contribution in [2.75, 3.05) is 58.4 Å². The number of anilines is 1. The first-order chi connectivity index (χ1) is 16.2. The molecule has 0 unspecified atom stereocenters. The minimum absolute atomic E-state index is 0.0638. The van der Waals surface area contributed by atoms with Crippen LogP contribution in [0.3, 0.4) is 0 Å². The Labute approximate surface area is 197 Å². The van der Waals surface area contributed by atoms with Gasteiger partial charge in [0, 0.05) is 38.3 Å². The molecule has 1 aliphatic heterocycles. The normalized spacial score (nSPS) is 16.1. The van der Waals surface area contributed by atoms with Crippen LogP contribution in [0, 0.1) is 0 Å². The summed E-state index contributed by atoms with van der Waals surface area (Å²) in [5, 5.41) is 3.11. The number of fused-ring (bicyclic) bond motifs is 1. The molecule has 1 heterocycles. The molecule has 1 aliphatic carbocycles. The van der Waals surface area contributed by atoms with E-state index in [1.54, 1.807) is 14.2 Å². The minimum atomic E-state index is 0.0638. The largest absolute Gasteiger partial charge is 0.497 e. The van der Waals surface area contributed by atoms with Gasteiger partial charge in [-0.15, -0.1) is 0 Å². The molecule has 2 aromatic rings. The lowest BCUT2D eigenvalue weighted by atomic mass is 9.91. The van der Waals surface area contributed by atoms with Gasteiger partial charge in [-0.2, -0.15) is 0 Å². The van der Waals surface area contributed by atoms with Gasteiger partial charge in [-0.05, 0) is 73.7 Å². The van der Waals surface area contributed by atoms with Crippen molar-refractivity contribution in [2.24, 2.45) is 0 Å². The average Bonchev–Trinajstić information content (AvgIpc) is 2.88. The number of methoxy groups -OCH3 is 2. The zero-order valence-corrected chi connectivity index (χ0v) is 19.8. The van der Waals surface area contributed by atoms with E-state index in [4.69, 9.17) is 9.47 Å². The number of carbonyl (C=O) groups excluding carboxylic acids is 1. The number of nitrogens with zero attached hydrogens (tertiary/aromatic N) is 2. The summed E-state index contributed by atoms with van der Waals surface area (Å²) in [4.78, 5) is 17.5. The minimum Gasteiger partial charge on any atom is -0.497 e. The van der Waals surface area contributed by atoms with Gasteiger partial charge in [0.15, 0.2) is 0 Å². The summed E-state index contributed by atoms with van der Waals surface area (Å²) in [5.74, 6) is 1.83. The van der Waals surface area contributed by atoms with Gasteiger partial charge >= 0.3 is 0 Å². The Hall–Kier alpha value is -2.99. The lowest BCUT2D eigenvalue weighted by Crippen LogP contribution is -2.46. The number of hydrogen-bond acceptors (Lipinski definition) is 5. The third-order valence-corrected chi connectivity index (χ3v) is 6.62. The third-order valence-electron chi connectivity index (χ3n) is 6.62. The molecule has 0 radical (unpaired) electrons. The summed E-state index contributed by atoms with van der Waals surface area (Å²) in [6.45, 7) is 5.93. The first kappa shape index (κ1) is 23.2. The predicted molar refractivity (Wildman–Crippen MR) is 133 cm³/mol. The van der Waals surface area contributed by atoms with Crippen molar-refractivity contribution in [2.45, 2.75) is 25.7 Å². The van der Waals surface area contributed by atoms with Gasteiger partial charge in [0.25, 0.3) is 0 Å². The predicted octanol–water partition coefficient (Wildman–Crippen LogP) is 3.75. The fraction of sp³-hybridized carbons (Fsp3) is 0.444. The summed E-state index contributed by atoms with van der Waals surface area (Å²) < 4.78 is 10.8. The van der Waals surface area contributed by atoms with Crippen molar-refractivity contribution >= 4 is 17.7 Å². The number of aryl methyl sites for hydroxylation is 1. The zero-order valence-electron chi connectivity index (χ0n) is 19.8. The Morgan fingerprint density at radius 1 is 0.970 bits per heavy atom. The van der Waals surface area contributed by atoms with Crippen LogP contribution in [-0.4, -0.2) is 64.3 Å². The monoisotopic (exact) mass is 449 g/mol. The van der Waals surface area contributed by atoms with E-state index in [0.29, 0.717) is 0 Å². The molecule has 0 spiro atoms. The molecule has 0 aromatic heterocycles. The quantitative estimate of drug-likeness (QED) is 0.591. The standard InChI is InChI=1S/C27H35N3O3/c1-32-24-12-11-21-9-10-22(19-23(21)20-24)27(31)28-13-5-6-14-29-15-17-30(18-16-29)25-7-3-4-8-26(25)33-2/h3-4,7-8,11-12,19-20H,5-6,9-10,13-18H2,1-2H3,(H,28,31). The SMILES string of the molecule is COc1ccc2c(c1)C=C(C(=O)NCCCCN1CCN(c3ccccc3OC)CC1)CC2. The van der Waals surface area contributed by atoms with Gasteiger partial charge in [0.1, 0.15) is 11.5 Å². The summed E-state index contributed by atoms with van der Waals surface area (Å²) >= 11 is 0. The maximum absolute atomic E-state index is 12.6. The van der Waals surface area contributed by atoms with Crippen LogP contribution in [0.1, 0.15) is 30.4 Å². The van der Waals surface area contributed by atoms with Gasteiger partial charge in [-0.25, -0.2) is 0 Å². The number of amides is 1. The first-order valence-corrected chi connectivity index (χ1v) is 11.9. The topological polar surface area (TPSA) is 54.0 Å². The van der Waals surface area contributed by atoms with Gasteiger partial charge < -0.3 is 19.7 Å². The molecule has 1 fully saturated rings. The van der Waals surface area contributed by atoms with Gasteiger partial charge in [0.05, 0.1) is 19.9 Å². The highest BCUT2D eigenvalue weighted by Gasteiger charge is 2.19. The number of para-hydroxylation sites is 2. The number of unbranched alkanes of at least 4 members (excludes halogenated alkanes) is 1. The maximum Gasteiger partial charge on any atom is 0.247 e. The smallest absolute Gasteiger partial charge is 0.247 e. The van der Waals surface area contributed by atoms with Crippen LogP contribution in [-0.2, 0) is 11.2 Å². The Morgan fingerprint density at radius 3 is 2.58 bits per heavy atom. The fourth-order valence-corrected chi connectivity index (χ4v) is 4.65. The van der Waals surface area contributed by atoms with Crippen LogP contribution >= 0.6 is 0 Å². The molecule has 33 heavy (non-hydrogen) atoms. The van der Waals surface area contributed by atoms with Gasteiger partial charge in [-0.1, -0.05) is 18.2 Å². The van der Waals surface area contributed by atoms with Gasteiger partial charge in [0.2, 0.25) is 5.91 Å². The van der Waals surface area contributed by atoms with E-state index in [1.807, 2.05) is 30.3 Å². The van der Waals surface area contributed by atoms with E-state index in [-0.39, 0.29) is 5.91 Å². The Morgan fingerprint density at radius 2 is 1.79 bits per heavy atom. The molecular weight excluding hydrogens is 414 g/mol. The molecule has 2 aromatic carbocycles. The third kappa shape index (κ3) is 5.88. The number of ether oxygens (including phenoxy) is 2. The number of hydrogen-bond donors (Lipinski definition) is 1. The summed E-state index contributed by atoms with van der Waals surface area (Å²) in [5.41, 5.74) is 4.42. The second-order valence-electron chi connectivity index (χ2n) is 8.70. The van der Waals surface area contributed by atoms with Crippen LogP contribution < -0.4 is 19.7 Å². The highest BCUT2D eigenvalue weighted by Crippen LogP contribution is 2.29. The molecule has 0 atom stereocenters. The van der Waals surface area contributed by atoms with Crippen LogP contribution in [0.25, 0.3) is 6.08 Å². The van der Waals surface area contributed by atoms with E-state index in [1.165, 1.54) is 11.3 Å². The van der Waals surface area contributed by atoms with Crippen molar-refractivity contribution in [1.29, 1.82) is 0 Å². The van der Waals surface area contributed by atoms with Crippen LogP contribution in [0.15, 0.2) is 48.0 Å². The van der Waals surface area contributed by atoms with E-state index in [0.717, 1.165) is 87.6 Å². The van der Waals surface area contributed by atoms with Crippen LogP contribution in [0.5, 0.6) is 11.5 Å². The van der Waals surface area contributed by atoms with Crippen LogP contribution in [0.4, 0.5) is 5.69 Å². The highest BCUT2D eigenvalue weighted by molar-refractivity contribution is 5.98. The van der Waals surface area contributed by atoms with E-state index < -0.39 is 0 Å². The number of carbonyl (C=O) groups is 1. The molecule has 4 rings (SSSR count). The molecule has 6 nitrogen and oxygen atoms in total. The molecule has 6 heteroatoms. The molecule has 2 aliphatic rings. The molecule has 0 bridgehead atoms. The summed E-state index contributed by atoms with van der Waals surface area (Å²) in [7, 11) is 3.40. The summed E-state index contributed by atoms with van der Waals surface area (Å²) in [6.07, 6.45) is 5.79. The number of nitrogens with one attached hydrogen (secondary N) is 1. The molecular formula is C27H35N3O3. The van der Waals surface area contributed by atoms with Crippen LogP contribution in [0.2, 0.25) is 0 Å². The van der Waals surface area contributed by atoms with E-state index in [9.17, 15) is 4.79 Å². The van der Waals surface area contributed by atoms with Gasteiger partial charge in [-0.3, -0.25) is 9.69 Å². The Balaban J connectivity index is 1.16. The molecule has 176 valence electrons. The van der Waals surface area contributed by atoms with E-state index in [2.05, 4.69) is 33.3 Å². The van der Waals surface area contributed by atoms with Crippen molar-refractivity contribution < 1.29 is 14.3 Å². The zero-order chi connectivity index (χ0) is 23.0. The highest BCUT2D eigenvalue weighted by atomic mass is 16.5. The second kappa shape index (κ2) is 11.2. The van der Waals surface area contributed by atoms with E-state index >= 15 is 0 Å². The Bertz CT molecular complexity index is 980. The first-order valence-electron chi connectivity index (χ1n) is 11.9. The number of rotatable bonds is 9. The van der Waals surface area contributed by atoms with Crippen molar-refractivity contribution in [3.63, 3.8) is 0 Å². The lowest BCUT2D eigenvalue weighted by molar-refractivity contribution is -0.117. The Kier molecular flexibility index (Phi) is 7.89.